The molecule has 1 aromatic rings. The first-order valence-electron chi connectivity index (χ1n) is 7.45. The number of hydrogen-bond acceptors (Lipinski definition) is 3. The third-order valence-corrected chi connectivity index (χ3v) is 3.74. The molecule has 1 saturated heterocycles. The minimum absolute atomic E-state index is 0. The Morgan fingerprint density at radius 3 is 2.67 bits per heavy atom. The van der Waals surface area contributed by atoms with Crippen LogP contribution in [0.2, 0.25) is 0 Å². The molecular weight excluding hydrogens is 288 g/mol. The molecule has 2 rings (SSSR count). The number of unbranched alkanes of at least 4 members (excludes halogenated alkanes) is 1. The molecule has 1 amide bonds. The van der Waals surface area contributed by atoms with E-state index in [2.05, 4.69) is 10.2 Å². The molecule has 1 aliphatic heterocycles. The highest BCUT2D eigenvalue weighted by atomic mass is 35.5. The fourth-order valence-electron chi connectivity index (χ4n) is 2.60. The van der Waals surface area contributed by atoms with Gasteiger partial charge in [-0.2, -0.15) is 0 Å². The Hall–Kier alpha value is -1.26. The highest BCUT2D eigenvalue weighted by molar-refractivity contribution is 5.96. The van der Waals surface area contributed by atoms with Gasteiger partial charge in [0.1, 0.15) is 5.75 Å². The molecule has 0 saturated carbocycles. The number of methoxy groups -OCH3 is 1. The molecular formula is C16H25ClN2O2. The molecule has 0 atom stereocenters. The quantitative estimate of drug-likeness (QED) is 0.787. The van der Waals surface area contributed by atoms with E-state index in [0.29, 0.717) is 11.3 Å². The van der Waals surface area contributed by atoms with Gasteiger partial charge < -0.3 is 15.0 Å². The molecule has 0 aromatic heterocycles. The van der Waals surface area contributed by atoms with Crippen molar-refractivity contribution in [1.29, 1.82) is 0 Å². The molecule has 0 spiro atoms. The van der Waals surface area contributed by atoms with Gasteiger partial charge in [-0.15, -0.1) is 12.4 Å². The Morgan fingerprint density at radius 2 is 1.95 bits per heavy atom. The van der Waals surface area contributed by atoms with Gasteiger partial charge in [-0.25, -0.2) is 0 Å². The summed E-state index contributed by atoms with van der Waals surface area (Å²) in [6.45, 7) is 4.37. The van der Waals surface area contributed by atoms with Crippen molar-refractivity contribution in [2.75, 3.05) is 33.3 Å². The monoisotopic (exact) mass is 312 g/mol. The number of ether oxygens (including phenoxy) is 1. The highest BCUT2D eigenvalue weighted by Gasteiger charge is 2.12. The largest absolute Gasteiger partial charge is 0.496 e. The van der Waals surface area contributed by atoms with Gasteiger partial charge in [0.05, 0.1) is 12.7 Å². The van der Waals surface area contributed by atoms with Gasteiger partial charge >= 0.3 is 0 Å². The van der Waals surface area contributed by atoms with Crippen LogP contribution < -0.4 is 10.1 Å². The second kappa shape index (κ2) is 9.64. The number of nitrogens with zero attached hydrogens (tertiary/aromatic N) is 1. The summed E-state index contributed by atoms with van der Waals surface area (Å²) in [7, 11) is 1.59. The van der Waals surface area contributed by atoms with Gasteiger partial charge in [0.25, 0.3) is 5.91 Å². The lowest BCUT2D eigenvalue weighted by atomic mass is 10.2. The Labute approximate surface area is 133 Å². The third-order valence-electron chi connectivity index (χ3n) is 3.74. The Morgan fingerprint density at radius 1 is 1.24 bits per heavy atom. The fourth-order valence-corrected chi connectivity index (χ4v) is 2.60. The molecule has 4 nitrogen and oxygen atoms in total. The molecule has 118 valence electrons. The Balaban J connectivity index is 0.00000220. The first-order chi connectivity index (χ1) is 9.81. The summed E-state index contributed by atoms with van der Waals surface area (Å²) in [6.07, 6.45) is 4.85. The molecule has 1 heterocycles. The molecule has 0 radical (unpaired) electrons. The topological polar surface area (TPSA) is 41.6 Å². The van der Waals surface area contributed by atoms with E-state index in [9.17, 15) is 4.79 Å². The first-order valence-corrected chi connectivity index (χ1v) is 7.45. The van der Waals surface area contributed by atoms with E-state index in [1.807, 2.05) is 18.2 Å². The van der Waals surface area contributed by atoms with Crippen molar-refractivity contribution in [2.24, 2.45) is 0 Å². The molecule has 1 aliphatic rings. The van der Waals surface area contributed by atoms with E-state index in [1.165, 1.54) is 25.9 Å². The lowest BCUT2D eigenvalue weighted by molar-refractivity contribution is 0.0949. The van der Waals surface area contributed by atoms with Crippen molar-refractivity contribution >= 4 is 18.3 Å². The van der Waals surface area contributed by atoms with E-state index in [4.69, 9.17) is 4.74 Å². The van der Waals surface area contributed by atoms with Gasteiger partial charge in [-0.3, -0.25) is 4.79 Å². The van der Waals surface area contributed by atoms with Crippen LogP contribution in [-0.4, -0.2) is 44.1 Å². The van der Waals surface area contributed by atoms with Crippen LogP contribution >= 0.6 is 12.4 Å². The lowest BCUT2D eigenvalue weighted by Gasteiger charge is -2.14. The van der Waals surface area contributed by atoms with E-state index in [-0.39, 0.29) is 18.3 Å². The average Bonchev–Trinajstić information content (AvgIpc) is 3.00. The van der Waals surface area contributed by atoms with Crippen LogP contribution in [0.5, 0.6) is 5.75 Å². The number of nitrogens with one attached hydrogen (secondary N) is 1. The first kappa shape index (κ1) is 17.8. The van der Waals surface area contributed by atoms with Crippen LogP contribution in [0.15, 0.2) is 24.3 Å². The van der Waals surface area contributed by atoms with Crippen LogP contribution in [0.3, 0.4) is 0 Å². The molecule has 21 heavy (non-hydrogen) atoms. The zero-order valence-corrected chi connectivity index (χ0v) is 13.5. The number of carbonyl (C=O) groups excluding carboxylic acids is 1. The van der Waals surface area contributed by atoms with Crippen molar-refractivity contribution < 1.29 is 9.53 Å². The van der Waals surface area contributed by atoms with Crippen LogP contribution in [0, 0.1) is 0 Å². The number of hydrogen-bond donors (Lipinski definition) is 1. The number of amides is 1. The summed E-state index contributed by atoms with van der Waals surface area (Å²) in [5.74, 6) is 0.575. The van der Waals surface area contributed by atoms with Crippen molar-refractivity contribution in [3.8, 4) is 5.75 Å². The standard InChI is InChI=1S/C16H24N2O2.ClH/c1-20-15-9-3-2-8-14(15)16(19)17-10-4-5-11-18-12-6-7-13-18;/h2-3,8-9H,4-7,10-13H2,1H3,(H,17,19);1H. The van der Waals surface area contributed by atoms with Crippen LogP contribution in [0.4, 0.5) is 0 Å². The molecule has 5 heteroatoms. The Bertz CT molecular complexity index is 434. The van der Waals surface area contributed by atoms with Gasteiger partial charge in [-0.05, 0) is 57.5 Å². The van der Waals surface area contributed by atoms with Gasteiger partial charge in [0, 0.05) is 6.54 Å². The van der Waals surface area contributed by atoms with Crippen molar-refractivity contribution in [1.82, 2.24) is 10.2 Å². The number of halogens is 1. The number of carbonyl (C=O) groups is 1. The molecule has 0 unspecified atom stereocenters. The van der Waals surface area contributed by atoms with E-state index < -0.39 is 0 Å². The van der Waals surface area contributed by atoms with Gasteiger partial charge in [-0.1, -0.05) is 12.1 Å². The van der Waals surface area contributed by atoms with Crippen molar-refractivity contribution in [2.45, 2.75) is 25.7 Å². The minimum atomic E-state index is -0.0522. The third kappa shape index (κ3) is 5.56. The number of benzene rings is 1. The summed E-state index contributed by atoms with van der Waals surface area (Å²) in [5.41, 5.74) is 0.606. The minimum Gasteiger partial charge on any atom is -0.496 e. The summed E-state index contributed by atoms with van der Waals surface area (Å²) >= 11 is 0. The molecule has 0 bridgehead atoms. The molecule has 1 aromatic carbocycles. The summed E-state index contributed by atoms with van der Waals surface area (Å²) in [5, 5.41) is 2.96. The van der Waals surface area contributed by atoms with Crippen LogP contribution in [0.25, 0.3) is 0 Å². The predicted molar refractivity (Wildman–Crippen MR) is 87.5 cm³/mol. The lowest BCUT2D eigenvalue weighted by Crippen LogP contribution is -2.26. The van der Waals surface area contributed by atoms with Crippen molar-refractivity contribution in [3.05, 3.63) is 29.8 Å². The maximum atomic E-state index is 12.0. The maximum Gasteiger partial charge on any atom is 0.255 e. The zero-order valence-electron chi connectivity index (χ0n) is 12.6. The van der Waals surface area contributed by atoms with Gasteiger partial charge in [0.15, 0.2) is 0 Å². The van der Waals surface area contributed by atoms with E-state index in [1.54, 1.807) is 13.2 Å². The smallest absolute Gasteiger partial charge is 0.255 e. The second-order valence-corrected chi connectivity index (χ2v) is 5.21. The second-order valence-electron chi connectivity index (χ2n) is 5.21. The average molecular weight is 313 g/mol. The maximum absolute atomic E-state index is 12.0. The van der Waals surface area contributed by atoms with Crippen LogP contribution in [0.1, 0.15) is 36.0 Å². The normalized spacial score (nSPS) is 14.5. The van der Waals surface area contributed by atoms with E-state index >= 15 is 0 Å². The number of para-hydroxylation sites is 1. The molecule has 1 fully saturated rings. The summed E-state index contributed by atoms with van der Waals surface area (Å²) < 4.78 is 5.19. The van der Waals surface area contributed by atoms with Crippen molar-refractivity contribution in [3.63, 3.8) is 0 Å². The van der Waals surface area contributed by atoms with Crippen LogP contribution in [-0.2, 0) is 0 Å². The Kier molecular flexibility index (Phi) is 8.16. The molecule has 1 N–H and O–H groups in total. The fraction of sp³-hybridized carbons (Fsp3) is 0.562. The van der Waals surface area contributed by atoms with E-state index in [0.717, 1.165) is 25.9 Å². The summed E-state index contributed by atoms with van der Waals surface area (Å²) in [4.78, 5) is 14.5. The van der Waals surface area contributed by atoms with Gasteiger partial charge in [0.2, 0.25) is 0 Å². The number of rotatable bonds is 7. The molecule has 0 aliphatic carbocycles. The number of likely N-dealkylation sites (tertiary alicyclic amines) is 1. The zero-order chi connectivity index (χ0) is 14.2. The highest BCUT2D eigenvalue weighted by Crippen LogP contribution is 2.16. The predicted octanol–water partition coefficient (Wildman–Crippen LogP) is 2.72. The SMILES string of the molecule is COc1ccccc1C(=O)NCCCCN1CCCC1.Cl. The summed E-state index contributed by atoms with van der Waals surface area (Å²) in [6, 6.07) is 7.32.